The Morgan fingerprint density at radius 2 is 1.97 bits per heavy atom. The Kier molecular flexibility index (Phi) is 6.58. The Hall–Kier alpha value is -2.77. The highest BCUT2D eigenvalue weighted by Crippen LogP contribution is 2.28. The first kappa shape index (κ1) is 22.4. The van der Waals surface area contributed by atoms with Gasteiger partial charge in [-0.25, -0.2) is 8.42 Å². The predicted octanol–water partition coefficient (Wildman–Crippen LogP) is 4.83. The Morgan fingerprint density at radius 1 is 1.16 bits per heavy atom. The van der Waals surface area contributed by atoms with Gasteiger partial charge in [-0.2, -0.15) is 0 Å². The summed E-state index contributed by atoms with van der Waals surface area (Å²) in [6.45, 7) is 2.53. The molecule has 0 N–H and O–H groups in total. The first-order valence-corrected chi connectivity index (χ1v) is 12.6. The van der Waals surface area contributed by atoms with Crippen LogP contribution in [0.3, 0.4) is 0 Å². The molecule has 0 bridgehead atoms. The zero-order valence-corrected chi connectivity index (χ0v) is 19.2. The van der Waals surface area contributed by atoms with Crippen LogP contribution in [0.15, 0.2) is 65.1 Å². The number of hydrogen-bond acceptors (Lipinski definition) is 5. The predicted molar refractivity (Wildman–Crippen MR) is 124 cm³/mol. The van der Waals surface area contributed by atoms with Gasteiger partial charge < -0.3 is 14.1 Å². The van der Waals surface area contributed by atoms with Crippen LogP contribution in [0.4, 0.5) is 0 Å². The van der Waals surface area contributed by atoms with E-state index in [0.717, 1.165) is 5.56 Å². The van der Waals surface area contributed by atoms with Crippen LogP contribution >= 0.6 is 11.6 Å². The van der Waals surface area contributed by atoms with Crippen LogP contribution in [-0.4, -0.2) is 43.4 Å². The van der Waals surface area contributed by atoms with Crippen molar-refractivity contribution < 1.29 is 22.4 Å². The molecule has 1 amide bonds. The molecule has 0 saturated carbocycles. The van der Waals surface area contributed by atoms with Gasteiger partial charge >= 0.3 is 0 Å². The van der Waals surface area contributed by atoms with Crippen LogP contribution in [0, 0.1) is 0 Å². The minimum absolute atomic E-state index is 0.0499. The molecule has 1 saturated heterocycles. The molecule has 0 spiro atoms. The third-order valence-electron chi connectivity index (χ3n) is 5.40. The lowest BCUT2D eigenvalue weighted by atomic mass is 10.1. The number of ether oxygens (including phenoxy) is 1. The SMILES string of the molecule is CCOc1cccc(C(=O)N(Cc2ccc(-c3cccc(Cl)c3)o2)[C@@H]2CCS(=O)(=O)C2)c1. The van der Waals surface area contributed by atoms with Crippen LogP contribution in [0.1, 0.15) is 29.5 Å². The van der Waals surface area contributed by atoms with Crippen molar-refractivity contribution in [3.8, 4) is 17.1 Å². The molecule has 2 heterocycles. The van der Waals surface area contributed by atoms with Gasteiger partial charge in [-0.3, -0.25) is 4.79 Å². The van der Waals surface area contributed by atoms with Crippen LogP contribution in [0.2, 0.25) is 5.02 Å². The summed E-state index contributed by atoms with van der Waals surface area (Å²) in [6.07, 6.45) is 0.404. The van der Waals surface area contributed by atoms with Gasteiger partial charge in [0.1, 0.15) is 17.3 Å². The fourth-order valence-electron chi connectivity index (χ4n) is 3.87. The molecule has 0 aliphatic carbocycles. The fourth-order valence-corrected chi connectivity index (χ4v) is 5.79. The molecule has 8 heteroatoms. The van der Waals surface area contributed by atoms with Crippen LogP contribution in [-0.2, 0) is 16.4 Å². The summed E-state index contributed by atoms with van der Waals surface area (Å²) in [5.74, 6) is 1.57. The molecular formula is C24H24ClNO5S. The lowest BCUT2D eigenvalue weighted by Gasteiger charge is -2.27. The van der Waals surface area contributed by atoms with Gasteiger partial charge in [0.05, 0.1) is 24.7 Å². The van der Waals surface area contributed by atoms with Crippen molar-refractivity contribution in [2.45, 2.75) is 25.9 Å². The van der Waals surface area contributed by atoms with E-state index >= 15 is 0 Å². The van der Waals surface area contributed by atoms with E-state index in [1.54, 1.807) is 47.4 Å². The number of rotatable bonds is 7. The summed E-state index contributed by atoms with van der Waals surface area (Å²) in [5.41, 5.74) is 1.27. The summed E-state index contributed by atoms with van der Waals surface area (Å²) in [5, 5.41) is 0.600. The van der Waals surface area contributed by atoms with Crippen LogP contribution < -0.4 is 4.74 Å². The fraction of sp³-hybridized carbons (Fsp3) is 0.292. The number of carbonyl (C=O) groups is 1. The number of amides is 1. The Labute approximate surface area is 192 Å². The van der Waals surface area contributed by atoms with Gasteiger partial charge in [-0.1, -0.05) is 29.8 Å². The largest absolute Gasteiger partial charge is 0.494 e. The molecule has 1 aliphatic heterocycles. The molecule has 168 valence electrons. The maximum Gasteiger partial charge on any atom is 0.254 e. The highest BCUT2D eigenvalue weighted by atomic mass is 35.5. The average Bonchev–Trinajstić information content (AvgIpc) is 3.38. The van der Waals surface area contributed by atoms with E-state index < -0.39 is 15.9 Å². The molecule has 1 aromatic heterocycles. The number of benzene rings is 2. The standard InChI is InChI=1S/C24H24ClNO5S/c1-2-30-21-8-4-6-18(14-21)24(27)26(20-11-12-32(28,29)16-20)15-22-9-10-23(31-22)17-5-3-7-19(25)13-17/h3-10,13-14,20H,2,11-12,15-16H2,1H3/t20-/m1/s1. The van der Waals surface area contributed by atoms with Crippen molar-refractivity contribution in [2.75, 3.05) is 18.1 Å². The highest BCUT2D eigenvalue weighted by Gasteiger charge is 2.35. The van der Waals surface area contributed by atoms with E-state index in [4.69, 9.17) is 20.8 Å². The zero-order valence-electron chi connectivity index (χ0n) is 17.7. The minimum atomic E-state index is -3.17. The Morgan fingerprint density at radius 3 is 2.69 bits per heavy atom. The van der Waals surface area contributed by atoms with E-state index in [1.807, 2.05) is 25.1 Å². The van der Waals surface area contributed by atoms with E-state index in [2.05, 4.69) is 0 Å². The molecule has 1 aliphatic rings. The maximum atomic E-state index is 13.4. The van der Waals surface area contributed by atoms with E-state index in [9.17, 15) is 13.2 Å². The van der Waals surface area contributed by atoms with Crippen molar-refractivity contribution in [1.82, 2.24) is 4.90 Å². The van der Waals surface area contributed by atoms with Crippen LogP contribution in [0.25, 0.3) is 11.3 Å². The van der Waals surface area contributed by atoms with E-state index in [-0.39, 0.29) is 24.0 Å². The van der Waals surface area contributed by atoms with E-state index in [1.165, 1.54) is 0 Å². The van der Waals surface area contributed by atoms with Gasteiger partial charge in [0.15, 0.2) is 9.84 Å². The van der Waals surface area contributed by atoms with Crippen LogP contribution in [0.5, 0.6) is 5.75 Å². The van der Waals surface area contributed by atoms with Crippen molar-refractivity contribution in [3.63, 3.8) is 0 Å². The molecule has 2 aromatic carbocycles. The molecule has 4 rings (SSSR count). The number of furan rings is 1. The van der Waals surface area contributed by atoms with Gasteiger partial charge in [0, 0.05) is 22.2 Å². The van der Waals surface area contributed by atoms with Crippen molar-refractivity contribution >= 4 is 27.3 Å². The lowest BCUT2D eigenvalue weighted by molar-refractivity contribution is 0.0666. The summed E-state index contributed by atoms with van der Waals surface area (Å²) in [7, 11) is -3.17. The summed E-state index contributed by atoms with van der Waals surface area (Å²) >= 11 is 6.08. The summed E-state index contributed by atoms with van der Waals surface area (Å²) in [4.78, 5) is 15.0. The van der Waals surface area contributed by atoms with Crippen molar-refractivity contribution in [3.05, 3.63) is 77.0 Å². The lowest BCUT2D eigenvalue weighted by Crippen LogP contribution is -2.40. The summed E-state index contributed by atoms with van der Waals surface area (Å²) in [6, 6.07) is 17.5. The first-order valence-electron chi connectivity index (χ1n) is 10.4. The Bertz CT molecular complexity index is 1220. The van der Waals surface area contributed by atoms with Gasteiger partial charge in [0.2, 0.25) is 0 Å². The zero-order chi connectivity index (χ0) is 22.7. The molecular weight excluding hydrogens is 450 g/mol. The molecule has 1 atom stereocenters. The second-order valence-corrected chi connectivity index (χ2v) is 10.4. The van der Waals surface area contributed by atoms with Gasteiger partial charge in [-0.05, 0) is 55.8 Å². The minimum Gasteiger partial charge on any atom is -0.494 e. The highest BCUT2D eigenvalue weighted by molar-refractivity contribution is 7.91. The quantitative estimate of drug-likeness (QED) is 0.491. The second kappa shape index (κ2) is 9.38. The molecule has 0 unspecified atom stereocenters. The second-order valence-electron chi connectivity index (χ2n) is 7.73. The number of halogens is 1. The first-order chi connectivity index (χ1) is 15.3. The average molecular weight is 474 g/mol. The monoisotopic (exact) mass is 473 g/mol. The van der Waals surface area contributed by atoms with Crippen molar-refractivity contribution in [1.29, 1.82) is 0 Å². The maximum absolute atomic E-state index is 13.4. The topological polar surface area (TPSA) is 76.8 Å². The Balaban J connectivity index is 1.62. The molecule has 1 fully saturated rings. The molecule has 32 heavy (non-hydrogen) atoms. The van der Waals surface area contributed by atoms with Crippen molar-refractivity contribution in [2.24, 2.45) is 0 Å². The number of sulfone groups is 1. The van der Waals surface area contributed by atoms with E-state index in [0.29, 0.717) is 40.9 Å². The number of hydrogen-bond donors (Lipinski definition) is 0. The third-order valence-corrected chi connectivity index (χ3v) is 7.38. The molecule has 6 nitrogen and oxygen atoms in total. The molecule has 0 radical (unpaired) electrons. The normalized spacial score (nSPS) is 17.2. The smallest absolute Gasteiger partial charge is 0.254 e. The molecule has 3 aromatic rings. The third kappa shape index (κ3) is 5.16. The van der Waals surface area contributed by atoms with Gasteiger partial charge in [0.25, 0.3) is 5.91 Å². The summed E-state index contributed by atoms with van der Waals surface area (Å²) < 4.78 is 35.8. The number of carbonyl (C=O) groups excluding carboxylic acids is 1. The number of nitrogens with zero attached hydrogens (tertiary/aromatic N) is 1. The van der Waals surface area contributed by atoms with Gasteiger partial charge in [-0.15, -0.1) is 0 Å².